The molecule has 0 saturated carbocycles. The minimum Gasteiger partial charge on any atom is -0.400 e. The van der Waals surface area contributed by atoms with Gasteiger partial charge in [-0.05, 0) is 44.8 Å². The number of halogens is 1. The van der Waals surface area contributed by atoms with Crippen molar-refractivity contribution in [1.29, 1.82) is 0 Å². The van der Waals surface area contributed by atoms with E-state index in [1.165, 1.54) is 6.20 Å². The zero-order valence-electron chi connectivity index (χ0n) is 13.2. The van der Waals surface area contributed by atoms with Gasteiger partial charge in [-0.3, -0.25) is 4.79 Å². The molecule has 2 heterocycles. The number of carbonyl (C=O) groups is 1. The number of pyridine rings is 1. The number of hydrogen-bond donors (Lipinski definition) is 1. The van der Waals surface area contributed by atoms with Gasteiger partial charge in [0.05, 0.1) is 16.8 Å². The Morgan fingerprint density at radius 2 is 1.95 bits per heavy atom. The summed E-state index contributed by atoms with van der Waals surface area (Å²) in [4.78, 5) is 14.5. The van der Waals surface area contributed by atoms with Gasteiger partial charge in [0, 0.05) is 12.7 Å². The molecule has 0 aromatic carbocycles. The fraction of sp³-hybridized carbons (Fsp3) is 0.467. The van der Waals surface area contributed by atoms with Crippen LogP contribution >= 0.6 is 0 Å². The fourth-order valence-electron chi connectivity index (χ4n) is 2.12. The van der Waals surface area contributed by atoms with Gasteiger partial charge in [-0.2, -0.15) is 4.39 Å². The maximum atomic E-state index is 13.6. The first-order valence-corrected chi connectivity index (χ1v) is 7.07. The second kappa shape index (κ2) is 5.91. The van der Waals surface area contributed by atoms with E-state index in [0.717, 1.165) is 0 Å². The molecule has 0 aliphatic carbocycles. The third-order valence-corrected chi connectivity index (χ3v) is 4.23. The van der Waals surface area contributed by atoms with Crippen LogP contribution in [0.4, 0.5) is 4.39 Å². The van der Waals surface area contributed by atoms with Gasteiger partial charge in [-0.25, -0.2) is 4.98 Å². The van der Waals surface area contributed by atoms with Crippen LogP contribution < -0.4 is 5.73 Å². The van der Waals surface area contributed by atoms with Gasteiger partial charge in [0.15, 0.2) is 6.29 Å². The van der Waals surface area contributed by atoms with Crippen molar-refractivity contribution in [3.8, 4) is 0 Å². The molecule has 0 atom stereocenters. The highest BCUT2D eigenvalue weighted by Crippen LogP contribution is 2.38. The van der Waals surface area contributed by atoms with E-state index in [4.69, 9.17) is 15.0 Å². The van der Waals surface area contributed by atoms with Gasteiger partial charge in [0.1, 0.15) is 0 Å². The summed E-state index contributed by atoms with van der Waals surface area (Å²) in [6.45, 7) is 7.90. The van der Waals surface area contributed by atoms with E-state index in [1.807, 2.05) is 27.7 Å². The highest BCUT2D eigenvalue weighted by molar-refractivity contribution is 6.56. The van der Waals surface area contributed by atoms with Crippen LogP contribution in [0.3, 0.4) is 0 Å². The average Bonchev–Trinajstić information content (AvgIpc) is 2.64. The number of nitrogens with zero attached hydrogens (tertiary/aromatic N) is 1. The maximum Gasteiger partial charge on any atom is 0.491 e. The van der Waals surface area contributed by atoms with E-state index >= 15 is 0 Å². The second-order valence-corrected chi connectivity index (χ2v) is 6.23. The number of aldehydes is 1. The van der Waals surface area contributed by atoms with Crippen molar-refractivity contribution in [1.82, 2.24) is 4.98 Å². The van der Waals surface area contributed by atoms with Gasteiger partial charge in [-0.1, -0.05) is 6.08 Å². The quantitative estimate of drug-likeness (QED) is 0.523. The fourth-order valence-corrected chi connectivity index (χ4v) is 2.12. The van der Waals surface area contributed by atoms with Gasteiger partial charge in [-0.15, -0.1) is 0 Å². The van der Waals surface area contributed by atoms with Gasteiger partial charge < -0.3 is 15.0 Å². The van der Waals surface area contributed by atoms with Crippen molar-refractivity contribution in [3.63, 3.8) is 0 Å². The molecule has 2 rings (SSSR count). The predicted molar refractivity (Wildman–Crippen MR) is 82.7 cm³/mol. The first-order chi connectivity index (χ1) is 10.2. The monoisotopic (exact) mass is 306 g/mol. The summed E-state index contributed by atoms with van der Waals surface area (Å²) in [6.07, 6.45) is 3.36. The van der Waals surface area contributed by atoms with Gasteiger partial charge in [0.25, 0.3) is 0 Å². The Labute approximate surface area is 129 Å². The van der Waals surface area contributed by atoms with Crippen molar-refractivity contribution in [3.05, 3.63) is 34.8 Å². The van der Waals surface area contributed by atoms with Crippen LogP contribution in [0.5, 0.6) is 0 Å². The Balaban J connectivity index is 2.38. The number of hydrogen-bond acceptors (Lipinski definition) is 5. The summed E-state index contributed by atoms with van der Waals surface area (Å²) < 4.78 is 25.4. The summed E-state index contributed by atoms with van der Waals surface area (Å²) in [6, 6.07) is 1.55. The Morgan fingerprint density at radius 1 is 1.36 bits per heavy atom. The van der Waals surface area contributed by atoms with E-state index in [1.54, 1.807) is 12.1 Å². The van der Waals surface area contributed by atoms with Crippen LogP contribution in [0.15, 0.2) is 17.7 Å². The second-order valence-electron chi connectivity index (χ2n) is 6.23. The molecule has 0 spiro atoms. The normalized spacial score (nSPS) is 20.3. The Morgan fingerprint density at radius 3 is 2.45 bits per heavy atom. The lowest BCUT2D eigenvalue weighted by atomic mass is 9.77. The summed E-state index contributed by atoms with van der Waals surface area (Å²) in [5.74, 6) is -0.811. The van der Waals surface area contributed by atoms with Crippen molar-refractivity contribution in [2.75, 3.05) is 6.54 Å². The maximum absolute atomic E-state index is 13.6. The lowest BCUT2D eigenvalue weighted by Crippen LogP contribution is -2.41. The minimum absolute atomic E-state index is 0.107. The SMILES string of the molecule is CC1(C)OB(C(=Cc2ccnc(F)c2C=O)CN)OC1(C)C. The van der Waals surface area contributed by atoms with Crippen LogP contribution in [0.1, 0.15) is 43.6 Å². The molecule has 1 aromatic rings. The molecule has 1 fully saturated rings. The molecular weight excluding hydrogens is 286 g/mol. The summed E-state index contributed by atoms with van der Waals surface area (Å²) in [5, 5.41) is 0. The first kappa shape index (κ1) is 16.8. The number of carbonyl (C=O) groups excluding carboxylic acids is 1. The summed E-state index contributed by atoms with van der Waals surface area (Å²) in [5.41, 5.74) is 5.71. The molecule has 5 nitrogen and oxygen atoms in total. The van der Waals surface area contributed by atoms with E-state index in [0.29, 0.717) is 17.3 Å². The standard InChI is InChI=1S/C15H20BFN2O3/c1-14(2)15(3,4)22-16(21-14)11(8-18)7-10-5-6-19-13(17)12(10)9-20/h5-7,9H,8,18H2,1-4H3. The van der Waals surface area contributed by atoms with E-state index in [9.17, 15) is 9.18 Å². The molecule has 0 bridgehead atoms. The molecule has 0 radical (unpaired) electrons. The number of nitrogens with two attached hydrogens (primary N) is 1. The van der Waals surface area contributed by atoms with Crippen LogP contribution in [-0.4, -0.2) is 36.1 Å². The molecule has 1 saturated heterocycles. The largest absolute Gasteiger partial charge is 0.491 e. The number of rotatable bonds is 4. The zero-order chi connectivity index (χ0) is 16.5. The summed E-state index contributed by atoms with van der Waals surface area (Å²) in [7, 11) is -0.634. The van der Waals surface area contributed by atoms with Crippen molar-refractivity contribution < 1.29 is 18.5 Å². The summed E-state index contributed by atoms with van der Waals surface area (Å²) >= 11 is 0. The van der Waals surface area contributed by atoms with E-state index in [-0.39, 0.29) is 12.1 Å². The van der Waals surface area contributed by atoms with E-state index < -0.39 is 24.3 Å². The highest BCUT2D eigenvalue weighted by Gasteiger charge is 2.52. The number of aromatic nitrogens is 1. The first-order valence-electron chi connectivity index (χ1n) is 7.07. The van der Waals surface area contributed by atoms with Crippen molar-refractivity contribution >= 4 is 19.5 Å². The molecule has 118 valence electrons. The average molecular weight is 306 g/mol. The van der Waals surface area contributed by atoms with Crippen molar-refractivity contribution in [2.45, 2.75) is 38.9 Å². The molecule has 1 aliphatic rings. The molecule has 7 heteroatoms. The highest BCUT2D eigenvalue weighted by atomic mass is 19.1. The lowest BCUT2D eigenvalue weighted by molar-refractivity contribution is 0.00578. The van der Waals surface area contributed by atoms with E-state index in [2.05, 4.69) is 4.98 Å². The molecule has 0 amide bonds. The smallest absolute Gasteiger partial charge is 0.400 e. The van der Waals surface area contributed by atoms with Crippen LogP contribution in [0.25, 0.3) is 6.08 Å². The van der Waals surface area contributed by atoms with Crippen LogP contribution in [-0.2, 0) is 9.31 Å². The van der Waals surface area contributed by atoms with Crippen LogP contribution in [0.2, 0.25) is 0 Å². The third-order valence-electron chi connectivity index (χ3n) is 4.23. The molecule has 1 aromatic heterocycles. The van der Waals surface area contributed by atoms with Gasteiger partial charge in [0.2, 0.25) is 5.95 Å². The lowest BCUT2D eigenvalue weighted by Gasteiger charge is -2.32. The Bertz CT molecular complexity index is 601. The minimum atomic E-state index is -0.811. The molecule has 2 N–H and O–H groups in total. The predicted octanol–water partition coefficient (Wildman–Crippen LogP) is 2.01. The topological polar surface area (TPSA) is 74.4 Å². The van der Waals surface area contributed by atoms with Crippen molar-refractivity contribution in [2.24, 2.45) is 5.73 Å². The molecular formula is C15H20BFN2O3. The molecule has 22 heavy (non-hydrogen) atoms. The van der Waals surface area contributed by atoms with Gasteiger partial charge >= 0.3 is 7.12 Å². The van der Waals surface area contributed by atoms with Crippen LogP contribution in [0, 0.1) is 5.95 Å². The zero-order valence-corrected chi connectivity index (χ0v) is 13.2. The Kier molecular flexibility index (Phi) is 4.51. The Hall–Kier alpha value is -1.57. The third kappa shape index (κ3) is 2.97. The molecule has 1 aliphatic heterocycles. The molecule has 0 unspecified atom stereocenters.